The molecule has 6 rings (SSSR count). The lowest BCUT2D eigenvalue weighted by Gasteiger charge is -2.33. The monoisotopic (exact) mass is 496 g/mol. The summed E-state index contributed by atoms with van der Waals surface area (Å²) in [6, 6.07) is 15.5. The first-order valence-corrected chi connectivity index (χ1v) is 12.7. The number of nitrogens with zero attached hydrogens (tertiary/aromatic N) is 5. The number of hydrogen-bond donors (Lipinski definition) is 1. The third kappa shape index (κ3) is 4.64. The molecule has 2 aromatic heterocycles. The first kappa shape index (κ1) is 23.1. The van der Waals surface area contributed by atoms with Crippen molar-refractivity contribution in [3.63, 3.8) is 0 Å². The van der Waals surface area contributed by atoms with E-state index in [1.165, 1.54) is 19.3 Å². The van der Waals surface area contributed by atoms with Crippen LogP contribution in [0.5, 0.6) is 0 Å². The molecule has 0 spiro atoms. The number of nitrogens with one attached hydrogen (secondary N) is 1. The summed E-state index contributed by atoms with van der Waals surface area (Å²) in [5, 5.41) is 11.3. The van der Waals surface area contributed by atoms with Crippen LogP contribution in [0.15, 0.2) is 69.4 Å². The van der Waals surface area contributed by atoms with Gasteiger partial charge in [0.05, 0.1) is 6.04 Å². The maximum atomic E-state index is 13.7. The topological polar surface area (TPSA) is 110 Å². The van der Waals surface area contributed by atoms with Crippen LogP contribution < -0.4 is 10.2 Å². The molecule has 9 nitrogen and oxygen atoms in total. The molecule has 1 aliphatic carbocycles. The molecule has 1 atom stereocenters. The van der Waals surface area contributed by atoms with E-state index in [9.17, 15) is 4.79 Å². The van der Waals surface area contributed by atoms with Crippen molar-refractivity contribution in [3.05, 3.63) is 72.1 Å². The highest BCUT2D eigenvalue weighted by Gasteiger charge is 2.38. The average molecular weight is 497 g/mol. The highest BCUT2D eigenvalue weighted by atomic mass is 16.5. The van der Waals surface area contributed by atoms with Crippen molar-refractivity contribution in [3.8, 4) is 22.8 Å². The normalized spacial score (nSPS) is 18.3. The quantitative estimate of drug-likeness (QED) is 0.362. The number of carbonyl (C=O) groups is 1. The molecule has 0 bridgehead atoms. The molecular formula is C28H28N6O3. The van der Waals surface area contributed by atoms with E-state index >= 15 is 0 Å². The summed E-state index contributed by atoms with van der Waals surface area (Å²) in [5.41, 5.74) is 3.99. The van der Waals surface area contributed by atoms with Crippen LogP contribution in [-0.4, -0.2) is 32.2 Å². The van der Waals surface area contributed by atoms with Gasteiger partial charge in [-0.25, -0.2) is 0 Å². The number of amides is 1. The molecule has 0 radical (unpaired) electrons. The van der Waals surface area contributed by atoms with E-state index in [2.05, 4.69) is 31.7 Å². The van der Waals surface area contributed by atoms with Crippen LogP contribution in [0.25, 0.3) is 22.8 Å². The molecule has 1 amide bonds. The van der Waals surface area contributed by atoms with Crippen LogP contribution in [0, 0.1) is 19.8 Å². The molecule has 2 aromatic carbocycles. The molecular weight excluding hydrogens is 468 g/mol. The molecule has 4 aromatic rings. The summed E-state index contributed by atoms with van der Waals surface area (Å²) in [5.74, 6) is 2.53. The lowest BCUT2D eigenvalue weighted by atomic mass is 9.83. The van der Waals surface area contributed by atoms with E-state index in [1.54, 1.807) is 13.8 Å². The zero-order chi connectivity index (χ0) is 25.4. The lowest BCUT2D eigenvalue weighted by molar-refractivity contribution is -0.114. The molecule has 188 valence electrons. The van der Waals surface area contributed by atoms with Crippen LogP contribution in [0.4, 0.5) is 11.4 Å². The van der Waals surface area contributed by atoms with Gasteiger partial charge in [-0.15, -0.1) is 0 Å². The molecule has 1 unspecified atom stereocenters. The summed E-state index contributed by atoms with van der Waals surface area (Å²) in [6.45, 7) is 3.53. The van der Waals surface area contributed by atoms with E-state index in [4.69, 9.17) is 9.05 Å². The fourth-order valence-corrected chi connectivity index (χ4v) is 5.25. The van der Waals surface area contributed by atoms with Gasteiger partial charge in [0.15, 0.2) is 0 Å². The van der Waals surface area contributed by atoms with Gasteiger partial charge in [-0.05, 0) is 73.4 Å². The van der Waals surface area contributed by atoms with Crippen LogP contribution in [0.3, 0.4) is 0 Å². The Morgan fingerprint density at radius 1 is 0.811 bits per heavy atom. The Labute approximate surface area is 214 Å². The smallest absolute Gasteiger partial charge is 0.275 e. The second-order valence-corrected chi connectivity index (χ2v) is 9.67. The molecule has 9 heteroatoms. The van der Waals surface area contributed by atoms with Crippen molar-refractivity contribution in [1.82, 2.24) is 20.3 Å². The fraction of sp³-hybridized carbons (Fsp3) is 0.321. The SMILES string of the molecule is Cc1nc(-c2ccc(NC3=CC(C4CCCCC4)N(c4ccc(-c5noc(C)n5)cc4)C3=O)cc2)no1. The van der Waals surface area contributed by atoms with Crippen LogP contribution in [-0.2, 0) is 4.79 Å². The van der Waals surface area contributed by atoms with Gasteiger partial charge in [0.2, 0.25) is 23.4 Å². The zero-order valence-corrected chi connectivity index (χ0v) is 20.8. The molecule has 1 aliphatic heterocycles. The number of rotatable bonds is 6. The molecule has 1 N–H and O–H groups in total. The van der Waals surface area contributed by atoms with Crippen molar-refractivity contribution in [2.45, 2.75) is 52.0 Å². The van der Waals surface area contributed by atoms with Crippen LogP contribution in [0.1, 0.15) is 43.9 Å². The van der Waals surface area contributed by atoms with Gasteiger partial charge in [-0.3, -0.25) is 9.69 Å². The van der Waals surface area contributed by atoms with E-state index < -0.39 is 0 Å². The Kier molecular flexibility index (Phi) is 6.04. The molecule has 37 heavy (non-hydrogen) atoms. The van der Waals surface area contributed by atoms with Crippen LogP contribution in [0.2, 0.25) is 0 Å². The molecule has 1 fully saturated rings. The number of carbonyl (C=O) groups excluding carboxylic acids is 1. The van der Waals surface area contributed by atoms with Crippen molar-refractivity contribution in [2.75, 3.05) is 10.2 Å². The molecule has 2 aliphatic rings. The van der Waals surface area contributed by atoms with Gasteiger partial charge in [0.25, 0.3) is 5.91 Å². The van der Waals surface area contributed by atoms with Crippen molar-refractivity contribution in [1.29, 1.82) is 0 Å². The number of aryl methyl sites for hydroxylation is 2. The highest BCUT2D eigenvalue weighted by molar-refractivity contribution is 6.11. The summed E-state index contributed by atoms with van der Waals surface area (Å²) < 4.78 is 10.2. The Morgan fingerprint density at radius 3 is 1.92 bits per heavy atom. The molecule has 3 heterocycles. The Hall–Kier alpha value is -4.27. The molecule has 1 saturated carbocycles. The Balaban J connectivity index is 1.25. The number of aromatic nitrogens is 4. The summed E-state index contributed by atoms with van der Waals surface area (Å²) >= 11 is 0. The van der Waals surface area contributed by atoms with Gasteiger partial charge in [-0.2, -0.15) is 9.97 Å². The van der Waals surface area contributed by atoms with Gasteiger partial charge < -0.3 is 14.4 Å². The second-order valence-electron chi connectivity index (χ2n) is 9.67. The van der Waals surface area contributed by atoms with Gasteiger partial charge >= 0.3 is 0 Å². The third-order valence-corrected chi connectivity index (χ3v) is 7.10. The highest BCUT2D eigenvalue weighted by Crippen LogP contribution is 2.37. The maximum Gasteiger partial charge on any atom is 0.275 e. The summed E-state index contributed by atoms with van der Waals surface area (Å²) in [4.78, 5) is 24.2. The van der Waals surface area contributed by atoms with Gasteiger partial charge in [-0.1, -0.05) is 29.6 Å². The predicted octanol–water partition coefficient (Wildman–Crippen LogP) is 5.69. The number of hydrogen-bond acceptors (Lipinski definition) is 8. The first-order chi connectivity index (χ1) is 18.0. The van der Waals surface area contributed by atoms with Crippen molar-refractivity contribution < 1.29 is 13.8 Å². The van der Waals surface area contributed by atoms with E-state index in [-0.39, 0.29) is 11.9 Å². The van der Waals surface area contributed by atoms with Crippen molar-refractivity contribution >= 4 is 17.3 Å². The van der Waals surface area contributed by atoms with Crippen molar-refractivity contribution in [2.24, 2.45) is 5.92 Å². The average Bonchev–Trinajstić information content (AvgIpc) is 3.64. The first-order valence-electron chi connectivity index (χ1n) is 12.7. The minimum atomic E-state index is -0.0309. The zero-order valence-electron chi connectivity index (χ0n) is 20.8. The number of anilines is 2. The lowest BCUT2D eigenvalue weighted by Crippen LogP contribution is -2.40. The summed E-state index contributed by atoms with van der Waals surface area (Å²) in [6.07, 6.45) is 8.01. The van der Waals surface area contributed by atoms with E-state index in [0.29, 0.717) is 35.0 Å². The molecule has 0 saturated heterocycles. The number of benzene rings is 2. The standard InChI is InChI=1S/C28H28N6O3/c1-17-29-26(32-36-17)20-8-12-22(13-9-20)31-24-16-25(19-6-4-3-5-7-19)34(28(24)35)23-14-10-21(11-15-23)27-30-18(2)37-33-27/h8-16,19,25,31H,3-7H2,1-2H3. The van der Waals surface area contributed by atoms with Gasteiger partial charge in [0, 0.05) is 36.3 Å². The third-order valence-electron chi connectivity index (χ3n) is 7.10. The summed E-state index contributed by atoms with van der Waals surface area (Å²) in [7, 11) is 0. The van der Waals surface area contributed by atoms with Gasteiger partial charge in [0.1, 0.15) is 5.70 Å². The Morgan fingerprint density at radius 2 is 1.38 bits per heavy atom. The van der Waals surface area contributed by atoms with E-state index in [0.717, 1.165) is 35.3 Å². The second kappa shape index (κ2) is 9.65. The van der Waals surface area contributed by atoms with Crippen LogP contribution >= 0.6 is 0 Å². The van der Waals surface area contributed by atoms with E-state index in [1.807, 2.05) is 53.4 Å². The maximum absolute atomic E-state index is 13.7. The minimum absolute atomic E-state index is 0.00940. The Bertz CT molecular complexity index is 1430. The fourth-order valence-electron chi connectivity index (χ4n) is 5.25. The minimum Gasteiger partial charge on any atom is -0.351 e. The largest absolute Gasteiger partial charge is 0.351 e. The predicted molar refractivity (Wildman–Crippen MR) is 138 cm³/mol.